The fraction of sp³-hybridized carbons (Fsp3) is 0.267. The zero-order valence-electron chi connectivity index (χ0n) is 11.8. The van der Waals surface area contributed by atoms with Gasteiger partial charge in [0.1, 0.15) is 11.5 Å². The van der Waals surface area contributed by atoms with Crippen LogP contribution in [-0.4, -0.2) is 25.4 Å². The second-order valence-corrected chi connectivity index (χ2v) is 5.32. The molecular formula is C15H18N2O3S. The number of ether oxygens (including phenoxy) is 1. The Kier molecular flexibility index (Phi) is 6.02. The van der Waals surface area contributed by atoms with Crippen LogP contribution in [0.5, 0.6) is 5.75 Å². The Labute approximate surface area is 128 Å². The topological polar surface area (TPSA) is 63.5 Å². The second-order valence-electron chi connectivity index (χ2n) is 4.21. The van der Waals surface area contributed by atoms with Crippen molar-refractivity contribution in [2.45, 2.75) is 5.75 Å². The van der Waals surface area contributed by atoms with Crippen molar-refractivity contribution in [3.8, 4) is 5.75 Å². The van der Waals surface area contributed by atoms with Crippen molar-refractivity contribution >= 4 is 23.5 Å². The summed E-state index contributed by atoms with van der Waals surface area (Å²) in [7, 11) is 1.57. The van der Waals surface area contributed by atoms with Crippen LogP contribution < -0.4 is 15.4 Å². The summed E-state index contributed by atoms with van der Waals surface area (Å²) in [4.78, 5) is 11.8. The number of furan rings is 1. The first kappa shape index (κ1) is 15.3. The van der Waals surface area contributed by atoms with E-state index < -0.39 is 0 Å². The third kappa shape index (κ3) is 5.07. The van der Waals surface area contributed by atoms with E-state index in [1.54, 1.807) is 37.3 Å². The predicted molar refractivity (Wildman–Crippen MR) is 84.9 cm³/mol. The number of urea groups is 1. The predicted octanol–water partition coefficient (Wildman–Crippen LogP) is 3.34. The molecule has 1 aromatic heterocycles. The van der Waals surface area contributed by atoms with Crippen LogP contribution in [0.1, 0.15) is 5.76 Å². The summed E-state index contributed by atoms with van der Waals surface area (Å²) in [5.41, 5.74) is 0.653. The van der Waals surface area contributed by atoms with Gasteiger partial charge in [-0.25, -0.2) is 4.79 Å². The number of hydrogen-bond acceptors (Lipinski definition) is 4. The summed E-state index contributed by atoms with van der Waals surface area (Å²) < 4.78 is 10.4. The van der Waals surface area contributed by atoms with Crippen LogP contribution >= 0.6 is 11.8 Å². The molecule has 2 rings (SSSR count). The van der Waals surface area contributed by atoms with Gasteiger partial charge in [0.2, 0.25) is 0 Å². The summed E-state index contributed by atoms with van der Waals surface area (Å²) in [5, 5.41) is 5.57. The van der Waals surface area contributed by atoms with E-state index in [1.165, 1.54) is 0 Å². The van der Waals surface area contributed by atoms with Crippen molar-refractivity contribution in [3.05, 3.63) is 48.4 Å². The molecule has 0 unspecified atom stereocenters. The summed E-state index contributed by atoms with van der Waals surface area (Å²) in [5.74, 6) is 3.21. The molecule has 112 valence electrons. The molecule has 0 radical (unpaired) electrons. The summed E-state index contributed by atoms with van der Waals surface area (Å²) in [6.07, 6.45) is 1.66. The largest absolute Gasteiger partial charge is 0.495 e. The van der Waals surface area contributed by atoms with E-state index >= 15 is 0 Å². The standard InChI is InChI=1S/C15H18N2O3S/c1-19-14-7-3-2-6-13(14)17-15(18)16-8-10-21-11-12-5-4-9-20-12/h2-7,9H,8,10-11H2,1H3,(H2,16,17,18). The van der Waals surface area contributed by atoms with Gasteiger partial charge in [0, 0.05) is 12.3 Å². The highest BCUT2D eigenvalue weighted by molar-refractivity contribution is 7.98. The van der Waals surface area contributed by atoms with E-state index in [2.05, 4.69) is 10.6 Å². The molecule has 21 heavy (non-hydrogen) atoms. The summed E-state index contributed by atoms with van der Waals surface area (Å²) >= 11 is 1.71. The first-order chi connectivity index (χ1) is 10.3. The smallest absolute Gasteiger partial charge is 0.319 e. The SMILES string of the molecule is COc1ccccc1NC(=O)NCCSCc1ccco1. The number of hydrogen-bond donors (Lipinski definition) is 2. The van der Waals surface area contributed by atoms with Gasteiger partial charge in [0.25, 0.3) is 0 Å². The highest BCUT2D eigenvalue weighted by Crippen LogP contribution is 2.22. The number of nitrogens with one attached hydrogen (secondary N) is 2. The van der Waals surface area contributed by atoms with Crippen molar-refractivity contribution in [3.63, 3.8) is 0 Å². The molecule has 0 saturated heterocycles. The molecule has 1 heterocycles. The zero-order valence-corrected chi connectivity index (χ0v) is 12.6. The van der Waals surface area contributed by atoms with Gasteiger partial charge in [-0.3, -0.25) is 0 Å². The van der Waals surface area contributed by atoms with Gasteiger partial charge < -0.3 is 19.8 Å². The molecule has 0 aliphatic rings. The molecule has 5 nitrogen and oxygen atoms in total. The van der Waals surface area contributed by atoms with Crippen molar-refractivity contribution in [2.24, 2.45) is 0 Å². The van der Waals surface area contributed by atoms with Crippen molar-refractivity contribution in [1.82, 2.24) is 5.32 Å². The normalized spacial score (nSPS) is 10.1. The Hall–Kier alpha value is -2.08. The van der Waals surface area contributed by atoms with Gasteiger partial charge in [-0.2, -0.15) is 11.8 Å². The fourth-order valence-corrected chi connectivity index (χ4v) is 2.47. The van der Waals surface area contributed by atoms with Crippen molar-refractivity contribution < 1.29 is 13.9 Å². The van der Waals surface area contributed by atoms with E-state index in [4.69, 9.17) is 9.15 Å². The van der Waals surface area contributed by atoms with Crippen molar-refractivity contribution in [1.29, 1.82) is 0 Å². The number of para-hydroxylation sites is 2. The Balaban J connectivity index is 1.65. The van der Waals surface area contributed by atoms with Gasteiger partial charge in [0.05, 0.1) is 24.8 Å². The number of carbonyl (C=O) groups is 1. The molecule has 0 aliphatic carbocycles. The van der Waals surface area contributed by atoms with Gasteiger partial charge in [-0.15, -0.1) is 0 Å². The van der Waals surface area contributed by atoms with Crippen LogP contribution in [-0.2, 0) is 5.75 Å². The molecule has 0 bridgehead atoms. The maximum absolute atomic E-state index is 11.8. The number of anilines is 1. The highest BCUT2D eigenvalue weighted by Gasteiger charge is 2.05. The van der Waals surface area contributed by atoms with Crippen LogP contribution in [0.4, 0.5) is 10.5 Å². The lowest BCUT2D eigenvalue weighted by Gasteiger charge is -2.10. The van der Waals surface area contributed by atoms with Gasteiger partial charge in [-0.1, -0.05) is 12.1 Å². The quantitative estimate of drug-likeness (QED) is 0.770. The lowest BCUT2D eigenvalue weighted by molar-refractivity contribution is 0.252. The van der Waals surface area contributed by atoms with Crippen molar-refractivity contribution in [2.75, 3.05) is 24.7 Å². The lowest BCUT2D eigenvalue weighted by Crippen LogP contribution is -2.30. The van der Waals surface area contributed by atoms with E-state index in [9.17, 15) is 4.79 Å². The molecule has 1 aromatic carbocycles. The van der Waals surface area contributed by atoms with E-state index in [0.717, 1.165) is 17.3 Å². The molecule has 2 aromatic rings. The minimum atomic E-state index is -0.238. The van der Waals surface area contributed by atoms with E-state index in [-0.39, 0.29) is 6.03 Å². The maximum atomic E-state index is 11.8. The minimum Gasteiger partial charge on any atom is -0.495 e. The van der Waals surface area contributed by atoms with Crippen LogP contribution in [0.2, 0.25) is 0 Å². The van der Waals surface area contributed by atoms with Gasteiger partial charge in [0.15, 0.2) is 0 Å². The molecule has 0 fully saturated rings. The molecule has 0 atom stereocenters. The fourth-order valence-electron chi connectivity index (χ4n) is 1.72. The monoisotopic (exact) mass is 306 g/mol. The molecular weight excluding hydrogens is 288 g/mol. The molecule has 0 saturated carbocycles. The Morgan fingerprint density at radius 2 is 2.14 bits per heavy atom. The number of carbonyl (C=O) groups excluding carboxylic acids is 1. The van der Waals surface area contributed by atoms with Crippen LogP contribution in [0.3, 0.4) is 0 Å². The second kappa shape index (κ2) is 8.26. The van der Waals surface area contributed by atoms with E-state index in [0.29, 0.717) is 18.0 Å². The van der Waals surface area contributed by atoms with Crippen LogP contribution in [0.25, 0.3) is 0 Å². The number of thioether (sulfide) groups is 1. The average molecular weight is 306 g/mol. The number of methoxy groups -OCH3 is 1. The first-order valence-electron chi connectivity index (χ1n) is 6.57. The maximum Gasteiger partial charge on any atom is 0.319 e. The molecule has 0 spiro atoms. The number of benzene rings is 1. The first-order valence-corrected chi connectivity index (χ1v) is 7.73. The summed E-state index contributed by atoms with van der Waals surface area (Å²) in [6, 6.07) is 10.9. The third-order valence-corrected chi connectivity index (χ3v) is 3.69. The molecule has 2 N–H and O–H groups in total. The molecule has 6 heteroatoms. The van der Waals surface area contributed by atoms with Gasteiger partial charge in [-0.05, 0) is 24.3 Å². The highest BCUT2D eigenvalue weighted by atomic mass is 32.2. The summed E-state index contributed by atoms with van der Waals surface area (Å²) in [6.45, 7) is 0.590. The molecule has 0 aliphatic heterocycles. The zero-order chi connectivity index (χ0) is 14.9. The van der Waals surface area contributed by atoms with Crippen LogP contribution in [0, 0.1) is 0 Å². The Morgan fingerprint density at radius 1 is 1.29 bits per heavy atom. The van der Waals surface area contributed by atoms with Gasteiger partial charge >= 0.3 is 6.03 Å². The molecule has 2 amide bonds. The average Bonchev–Trinajstić information content (AvgIpc) is 3.01. The number of amides is 2. The minimum absolute atomic E-state index is 0.238. The lowest BCUT2D eigenvalue weighted by atomic mass is 10.3. The Morgan fingerprint density at radius 3 is 2.90 bits per heavy atom. The van der Waals surface area contributed by atoms with Crippen LogP contribution in [0.15, 0.2) is 47.1 Å². The third-order valence-electron chi connectivity index (χ3n) is 2.71. The number of rotatable bonds is 7. The Bertz CT molecular complexity index is 558. The van der Waals surface area contributed by atoms with E-state index in [1.807, 2.05) is 24.3 Å².